The second-order valence-corrected chi connectivity index (χ2v) is 7.54. The molecule has 0 atom stereocenters. The highest BCUT2D eigenvalue weighted by molar-refractivity contribution is 6.62. The van der Waals surface area contributed by atoms with E-state index in [-0.39, 0.29) is 18.3 Å². The van der Waals surface area contributed by atoms with Crippen LogP contribution in [-0.2, 0) is 9.31 Å². The maximum absolute atomic E-state index is 6.11. The van der Waals surface area contributed by atoms with E-state index in [0.717, 1.165) is 33.8 Å². The average molecular weight is 324 g/mol. The van der Waals surface area contributed by atoms with E-state index in [4.69, 9.17) is 9.31 Å². The number of benzene rings is 1. The fourth-order valence-electron chi connectivity index (χ4n) is 2.83. The summed E-state index contributed by atoms with van der Waals surface area (Å²) in [7, 11) is -0.334. The number of aromatic nitrogens is 2. The molecule has 3 rings (SSSR count). The Morgan fingerprint density at radius 2 is 1.38 bits per heavy atom. The molecule has 0 amide bonds. The van der Waals surface area contributed by atoms with Crippen molar-refractivity contribution < 1.29 is 9.31 Å². The lowest BCUT2D eigenvalue weighted by molar-refractivity contribution is 0.00578. The molecule has 1 aromatic heterocycles. The predicted octanol–water partition coefficient (Wildman–Crippen LogP) is 3.37. The van der Waals surface area contributed by atoms with Crippen molar-refractivity contribution in [2.45, 2.75) is 59.7 Å². The molecule has 24 heavy (non-hydrogen) atoms. The maximum Gasteiger partial charge on any atom is 0.494 e. The van der Waals surface area contributed by atoms with Gasteiger partial charge in [-0.05, 0) is 59.5 Å². The standard InChI is InChI=1S/C19H25BN2O2/c1-12-13(2)21-14(3)22-17(12)15-8-10-16(11-9-15)20-23-18(4,5)19(6,7)24-20/h8-11H,1-7H3. The first-order valence-electron chi connectivity index (χ1n) is 8.38. The zero-order valence-electron chi connectivity index (χ0n) is 15.6. The van der Waals surface area contributed by atoms with Crippen molar-refractivity contribution in [2.24, 2.45) is 0 Å². The van der Waals surface area contributed by atoms with Crippen molar-refractivity contribution >= 4 is 12.6 Å². The van der Waals surface area contributed by atoms with Gasteiger partial charge in [0.25, 0.3) is 0 Å². The van der Waals surface area contributed by atoms with Crippen LogP contribution in [0.2, 0.25) is 0 Å². The summed E-state index contributed by atoms with van der Waals surface area (Å²) in [5.74, 6) is 0.795. The number of rotatable bonds is 2. The minimum absolute atomic E-state index is 0.326. The molecule has 1 fully saturated rings. The molecule has 0 radical (unpaired) electrons. The third kappa shape index (κ3) is 2.87. The van der Waals surface area contributed by atoms with E-state index >= 15 is 0 Å². The normalized spacial score (nSPS) is 18.9. The molecule has 2 aromatic rings. The van der Waals surface area contributed by atoms with Crippen LogP contribution in [0.15, 0.2) is 24.3 Å². The molecule has 1 aliphatic heterocycles. The minimum Gasteiger partial charge on any atom is -0.399 e. The monoisotopic (exact) mass is 324 g/mol. The zero-order chi connectivity index (χ0) is 17.7. The van der Waals surface area contributed by atoms with Crippen molar-refractivity contribution in [3.63, 3.8) is 0 Å². The van der Waals surface area contributed by atoms with E-state index in [1.165, 1.54) is 0 Å². The van der Waals surface area contributed by atoms with Crippen molar-refractivity contribution in [1.82, 2.24) is 9.97 Å². The van der Waals surface area contributed by atoms with Crippen LogP contribution in [0.25, 0.3) is 11.3 Å². The third-order valence-electron chi connectivity index (χ3n) is 5.21. The molecule has 0 spiro atoms. The van der Waals surface area contributed by atoms with Crippen LogP contribution >= 0.6 is 0 Å². The highest BCUT2D eigenvalue weighted by atomic mass is 16.7. The van der Waals surface area contributed by atoms with Crippen molar-refractivity contribution in [1.29, 1.82) is 0 Å². The number of hydrogen-bond donors (Lipinski definition) is 0. The van der Waals surface area contributed by atoms with Crippen LogP contribution in [-0.4, -0.2) is 28.3 Å². The molecule has 1 saturated heterocycles. The van der Waals surface area contributed by atoms with E-state index in [1.807, 2.05) is 13.8 Å². The van der Waals surface area contributed by atoms with E-state index in [9.17, 15) is 0 Å². The summed E-state index contributed by atoms with van der Waals surface area (Å²) < 4.78 is 12.2. The summed E-state index contributed by atoms with van der Waals surface area (Å²) in [4.78, 5) is 9.02. The molecule has 1 aliphatic rings. The van der Waals surface area contributed by atoms with Crippen molar-refractivity contribution in [3.05, 3.63) is 41.3 Å². The Hall–Kier alpha value is -1.72. The topological polar surface area (TPSA) is 44.2 Å². The summed E-state index contributed by atoms with van der Waals surface area (Å²) in [5, 5.41) is 0. The van der Waals surface area contributed by atoms with Gasteiger partial charge in [-0.15, -0.1) is 0 Å². The molecular formula is C19H25BN2O2. The van der Waals surface area contributed by atoms with E-state index in [1.54, 1.807) is 0 Å². The first-order chi connectivity index (χ1) is 11.1. The van der Waals surface area contributed by atoms with Gasteiger partial charge in [0.1, 0.15) is 5.82 Å². The Morgan fingerprint density at radius 3 is 1.92 bits per heavy atom. The van der Waals surface area contributed by atoms with Gasteiger partial charge in [-0.2, -0.15) is 0 Å². The molecule has 0 saturated carbocycles. The van der Waals surface area contributed by atoms with Crippen molar-refractivity contribution in [2.75, 3.05) is 0 Å². The van der Waals surface area contributed by atoms with Crippen LogP contribution < -0.4 is 5.46 Å². The molecule has 0 N–H and O–H groups in total. The largest absolute Gasteiger partial charge is 0.494 e. The molecule has 0 bridgehead atoms. The molecular weight excluding hydrogens is 299 g/mol. The summed E-state index contributed by atoms with van der Waals surface area (Å²) in [6.45, 7) is 14.3. The van der Waals surface area contributed by atoms with E-state index in [2.05, 4.69) is 68.9 Å². The van der Waals surface area contributed by atoms with E-state index in [0.29, 0.717) is 0 Å². The van der Waals surface area contributed by atoms with E-state index < -0.39 is 0 Å². The number of nitrogens with zero attached hydrogens (tertiary/aromatic N) is 2. The van der Waals surface area contributed by atoms with Gasteiger partial charge in [0, 0.05) is 11.3 Å². The number of aryl methyl sites for hydroxylation is 2. The minimum atomic E-state index is -0.334. The summed E-state index contributed by atoms with van der Waals surface area (Å²) >= 11 is 0. The fraction of sp³-hybridized carbons (Fsp3) is 0.474. The molecule has 5 heteroatoms. The quantitative estimate of drug-likeness (QED) is 0.795. The third-order valence-corrected chi connectivity index (χ3v) is 5.21. The second kappa shape index (κ2) is 5.68. The Kier molecular flexibility index (Phi) is 4.05. The van der Waals surface area contributed by atoms with Crippen LogP contribution in [0.5, 0.6) is 0 Å². The van der Waals surface area contributed by atoms with Gasteiger partial charge < -0.3 is 9.31 Å². The Balaban J connectivity index is 1.90. The van der Waals surface area contributed by atoms with Crippen molar-refractivity contribution in [3.8, 4) is 11.3 Å². The van der Waals surface area contributed by atoms with Gasteiger partial charge in [0.05, 0.1) is 16.9 Å². The van der Waals surface area contributed by atoms with Crippen LogP contribution in [0.3, 0.4) is 0 Å². The summed E-state index contributed by atoms with van der Waals surface area (Å²) in [5.41, 5.74) is 4.58. The predicted molar refractivity (Wildman–Crippen MR) is 97.4 cm³/mol. The summed E-state index contributed by atoms with van der Waals surface area (Å²) in [6.07, 6.45) is 0. The zero-order valence-corrected chi connectivity index (χ0v) is 15.6. The average Bonchev–Trinajstić information content (AvgIpc) is 2.71. The lowest BCUT2D eigenvalue weighted by atomic mass is 9.78. The molecule has 1 aromatic carbocycles. The molecule has 4 nitrogen and oxygen atoms in total. The lowest BCUT2D eigenvalue weighted by Crippen LogP contribution is -2.41. The lowest BCUT2D eigenvalue weighted by Gasteiger charge is -2.32. The van der Waals surface area contributed by atoms with Gasteiger partial charge in [-0.25, -0.2) is 9.97 Å². The fourth-order valence-corrected chi connectivity index (χ4v) is 2.83. The molecule has 0 aliphatic carbocycles. The molecule has 126 valence electrons. The van der Waals surface area contributed by atoms with Gasteiger partial charge in [-0.1, -0.05) is 24.3 Å². The smallest absolute Gasteiger partial charge is 0.399 e. The molecule has 2 heterocycles. The summed E-state index contributed by atoms with van der Waals surface area (Å²) in [6, 6.07) is 8.27. The van der Waals surface area contributed by atoms with Crippen LogP contribution in [0.1, 0.15) is 44.8 Å². The maximum atomic E-state index is 6.11. The molecule has 0 unspecified atom stereocenters. The first-order valence-corrected chi connectivity index (χ1v) is 8.38. The SMILES string of the molecule is Cc1nc(C)c(C)c(-c2ccc(B3OC(C)(C)C(C)(C)O3)cc2)n1. The van der Waals surface area contributed by atoms with Crippen LogP contribution in [0, 0.1) is 20.8 Å². The van der Waals surface area contributed by atoms with Gasteiger partial charge in [0.15, 0.2) is 0 Å². The van der Waals surface area contributed by atoms with Gasteiger partial charge >= 0.3 is 7.12 Å². The Morgan fingerprint density at radius 1 is 0.833 bits per heavy atom. The van der Waals surface area contributed by atoms with Gasteiger partial charge in [-0.3, -0.25) is 0 Å². The second-order valence-electron chi connectivity index (χ2n) is 7.54. The highest BCUT2D eigenvalue weighted by Crippen LogP contribution is 2.36. The Labute approximate surface area is 144 Å². The Bertz CT molecular complexity index is 754. The first kappa shape index (κ1) is 17.1. The van der Waals surface area contributed by atoms with Gasteiger partial charge in [0.2, 0.25) is 0 Å². The highest BCUT2D eigenvalue weighted by Gasteiger charge is 2.51. The number of hydrogen-bond acceptors (Lipinski definition) is 4. The van der Waals surface area contributed by atoms with Crippen LogP contribution in [0.4, 0.5) is 0 Å².